The maximum absolute atomic E-state index is 12.7. The van der Waals surface area contributed by atoms with Gasteiger partial charge in [-0.05, 0) is 23.8 Å². The molecule has 2 heterocycles. The van der Waals surface area contributed by atoms with Gasteiger partial charge in [0.05, 0.1) is 4.90 Å². The standard InChI is InChI=1S/C19H20N2O4S/c22-19(18-14-15-6-4-5-9-17(15)25-18)20-10-12-21(13-11-20)26(23,24)16-7-2-1-3-8-16/h1-9,18H,10-14H2/t18-/m0/s1. The summed E-state index contributed by atoms with van der Waals surface area (Å²) < 4.78 is 32.5. The summed E-state index contributed by atoms with van der Waals surface area (Å²) in [7, 11) is -3.51. The molecule has 6 nitrogen and oxygen atoms in total. The number of carbonyl (C=O) groups is 1. The Balaban J connectivity index is 1.39. The molecule has 0 N–H and O–H groups in total. The van der Waals surface area contributed by atoms with Crippen LogP contribution < -0.4 is 4.74 Å². The number of piperazine rings is 1. The molecule has 0 aliphatic carbocycles. The molecule has 1 atom stereocenters. The third-order valence-electron chi connectivity index (χ3n) is 4.85. The van der Waals surface area contributed by atoms with Crippen LogP contribution in [0.2, 0.25) is 0 Å². The van der Waals surface area contributed by atoms with Crippen molar-refractivity contribution in [3.8, 4) is 5.75 Å². The number of ether oxygens (including phenoxy) is 1. The number of hydrogen-bond acceptors (Lipinski definition) is 4. The van der Waals surface area contributed by atoms with Gasteiger partial charge in [0.15, 0.2) is 6.10 Å². The van der Waals surface area contributed by atoms with Crippen LogP contribution in [0.4, 0.5) is 0 Å². The van der Waals surface area contributed by atoms with E-state index in [-0.39, 0.29) is 10.8 Å². The van der Waals surface area contributed by atoms with Crippen molar-refractivity contribution in [2.45, 2.75) is 17.4 Å². The smallest absolute Gasteiger partial charge is 0.264 e. The third kappa shape index (κ3) is 3.08. The van der Waals surface area contributed by atoms with Crippen LogP contribution in [0.3, 0.4) is 0 Å². The Labute approximate surface area is 153 Å². The molecule has 0 spiro atoms. The molecule has 2 aromatic carbocycles. The van der Waals surface area contributed by atoms with Gasteiger partial charge in [0.25, 0.3) is 5.91 Å². The quantitative estimate of drug-likeness (QED) is 0.819. The lowest BCUT2D eigenvalue weighted by Crippen LogP contribution is -2.53. The molecule has 7 heteroatoms. The summed E-state index contributed by atoms with van der Waals surface area (Å²) in [6, 6.07) is 16.0. The molecule has 0 bridgehead atoms. The molecule has 1 amide bonds. The van der Waals surface area contributed by atoms with Gasteiger partial charge in [-0.3, -0.25) is 4.79 Å². The molecule has 0 radical (unpaired) electrons. The SMILES string of the molecule is O=C([C@@H]1Cc2ccccc2O1)N1CCN(S(=O)(=O)c2ccccc2)CC1. The van der Waals surface area contributed by atoms with Gasteiger partial charge < -0.3 is 9.64 Å². The lowest BCUT2D eigenvalue weighted by Gasteiger charge is -2.35. The highest BCUT2D eigenvalue weighted by atomic mass is 32.2. The van der Waals surface area contributed by atoms with E-state index < -0.39 is 16.1 Å². The number of amides is 1. The van der Waals surface area contributed by atoms with Crippen LogP contribution in [0.25, 0.3) is 0 Å². The lowest BCUT2D eigenvalue weighted by molar-refractivity contribution is -0.139. The molecular weight excluding hydrogens is 352 g/mol. The van der Waals surface area contributed by atoms with E-state index in [2.05, 4.69) is 0 Å². The number of para-hydroxylation sites is 1. The minimum atomic E-state index is -3.51. The Morgan fingerprint density at radius 1 is 0.923 bits per heavy atom. The number of nitrogens with zero attached hydrogens (tertiary/aromatic N) is 2. The van der Waals surface area contributed by atoms with Crippen molar-refractivity contribution in [2.75, 3.05) is 26.2 Å². The average molecular weight is 372 g/mol. The fraction of sp³-hybridized carbons (Fsp3) is 0.316. The summed E-state index contributed by atoms with van der Waals surface area (Å²) >= 11 is 0. The van der Waals surface area contributed by atoms with E-state index >= 15 is 0 Å². The van der Waals surface area contributed by atoms with Gasteiger partial charge in [-0.1, -0.05) is 36.4 Å². The third-order valence-corrected chi connectivity index (χ3v) is 6.77. The maximum Gasteiger partial charge on any atom is 0.264 e. The Kier molecular flexibility index (Phi) is 4.42. The molecule has 0 aromatic heterocycles. The summed E-state index contributed by atoms with van der Waals surface area (Å²) in [4.78, 5) is 14.7. The van der Waals surface area contributed by atoms with Crippen molar-refractivity contribution in [2.24, 2.45) is 0 Å². The van der Waals surface area contributed by atoms with Crippen LogP contribution in [-0.2, 0) is 21.2 Å². The second kappa shape index (κ2) is 6.74. The number of benzene rings is 2. The summed E-state index contributed by atoms with van der Waals surface area (Å²) in [5.74, 6) is 0.689. The van der Waals surface area contributed by atoms with Crippen LogP contribution in [-0.4, -0.2) is 55.8 Å². The molecule has 0 saturated carbocycles. The van der Waals surface area contributed by atoms with Gasteiger partial charge in [0.2, 0.25) is 10.0 Å². The average Bonchev–Trinajstić information content (AvgIpc) is 3.12. The molecule has 2 aromatic rings. The predicted octanol–water partition coefficient (Wildman–Crippen LogP) is 1.52. The maximum atomic E-state index is 12.7. The largest absolute Gasteiger partial charge is 0.480 e. The van der Waals surface area contributed by atoms with E-state index in [1.165, 1.54) is 4.31 Å². The van der Waals surface area contributed by atoms with Crippen LogP contribution in [0.5, 0.6) is 5.75 Å². The second-order valence-electron chi connectivity index (χ2n) is 6.46. The molecule has 0 unspecified atom stereocenters. The number of sulfonamides is 1. The molecule has 1 fully saturated rings. The van der Waals surface area contributed by atoms with Crippen molar-refractivity contribution in [3.63, 3.8) is 0 Å². The molecule has 1 saturated heterocycles. The van der Waals surface area contributed by atoms with E-state index in [4.69, 9.17) is 4.74 Å². The van der Waals surface area contributed by atoms with Gasteiger partial charge in [0.1, 0.15) is 5.75 Å². The monoisotopic (exact) mass is 372 g/mol. The van der Waals surface area contributed by atoms with Gasteiger partial charge in [-0.15, -0.1) is 0 Å². The Morgan fingerprint density at radius 2 is 1.58 bits per heavy atom. The summed E-state index contributed by atoms with van der Waals surface area (Å²) in [6.45, 7) is 1.34. The zero-order valence-electron chi connectivity index (χ0n) is 14.2. The molecule has 2 aliphatic rings. The summed E-state index contributed by atoms with van der Waals surface area (Å²) in [5.41, 5.74) is 1.04. The zero-order chi connectivity index (χ0) is 18.1. The Hall–Kier alpha value is -2.38. The van der Waals surface area contributed by atoms with Crippen molar-refractivity contribution >= 4 is 15.9 Å². The number of hydrogen-bond donors (Lipinski definition) is 0. The Morgan fingerprint density at radius 3 is 2.27 bits per heavy atom. The van der Waals surface area contributed by atoms with Gasteiger partial charge in [-0.25, -0.2) is 8.42 Å². The minimum Gasteiger partial charge on any atom is -0.480 e. The molecular formula is C19H20N2O4S. The van der Waals surface area contributed by atoms with Crippen LogP contribution in [0, 0.1) is 0 Å². The first kappa shape index (κ1) is 17.1. The van der Waals surface area contributed by atoms with Gasteiger partial charge in [-0.2, -0.15) is 4.31 Å². The van der Waals surface area contributed by atoms with Crippen LogP contribution in [0.15, 0.2) is 59.5 Å². The fourth-order valence-electron chi connectivity index (χ4n) is 3.41. The van der Waals surface area contributed by atoms with Gasteiger partial charge >= 0.3 is 0 Å². The van der Waals surface area contributed by atoms with Crippen molar-refractivity contribution in [3.05, 3.63) is 60.2 Å². The number of rotatable bonds is 3. The minimum absolute atomic E-state index is 0.0713. The predicted molar refractivity (Wildman–Crippen MR) is 96.3 cm³/mol. The lowest BCUT2D eigenvalue weighted by atomic mass is 10.1. The number of carbonyl (C=O) groups excluding carboxylic acids is 1. The van der Waals surface area contributed by atoms with Crippen molar-refractivity contribution in [1.82, 2.24) is 9.21 Å². The normalized spacial score (nSPS) is 20.5. The first-order chi connectivity index (χ1) is 12.6. The molecule has 26 heavy (non-hydrogen) atoms. The first-order valence-corrected chi connectivity index (χ1v) is 10.1. The van der Waals surface area contributed by atoms with Crippen LogP contribution in [0.1, 0.15) is 5.56 Å². The molecule has 2 aliphatic heterocycles. The van der Waals surface area contributed by atoms with Crippen molar-refractivity contribution < 1.29 is 17.9 Å². The topological polar surface area (TPSA) is 66.9 Å². The van der Waals surface area contributed by atoms with E-state index in [0.717, 1.165) is 11.3 Å². The zero-order valence-corrected chi connectivity index (χ0v) is 15.1. The van der Waals surface area contributed by atoms with Crippen molar-refractivity contribution in [1.29, 1.82) is 0 Å². The highest BCUT2D eigenvalue weighted by molar-refractivity contribution is 7.89. The van der Waals surface area contributed by atoms with E-state index in [9.17, 15) is 13.2 Å². The Bertz CT molecular complexity index is 881. The van der Waals surface area contributed by atoms with E-state index in [1.807, 2.05) is 24.3 Å². The summed E-state index contributed by atoms with van der Waals surface area (Å²) in [6.07, 6.45) is 0.0574. The number of fused-ring (bicyclic) bond motifs is 1. The molecule has 4 rings (SSSR count). The highest BCUT2D eigenvalue weighted by Gasteiger charge is 2.35. The highest BCUT2D eigenvalue weighted by Crippen LogP contribution is 2.29. The fourth-order valence-corrected chi connectivity index (χ4v) is 4.86. The van der Waals surface area contributed by atoms with Gasteiger partial charge in [0, 0.05) is 32.6 Å². The second-order valence-corrected chi connectivity index (χ2v) is 8.40. The first-order valence-electron chi connectivity index (χ1n) is 8.64. The van der Waals surface area contributed by atoms with E-state index in [1.54, 1.807) is 35.2 Å². The van der Waals surface area contributed by atoms with E-state index in [0.29, 0.717) is 32.6 Å². The molecule has 136 valence electrons. The van der Waals surface area contributed by atoms with Crippen LogP contribution >= 0.6 is 0 Å². The summed E-state index contributed by atoms with van der Waals surface area (Å²) in [5, 5.41) is 0.